The van der Waals surface area contributed by atoms with Crippen molar-refractivity contribution in [1.29, 1.82) is 0 Å². The van der Waals surface area contributed by atoms with Crippen LogP contribution in [0.5, 0.6) is 5.75 Å². The van der Waals surface area contributed by atoms with E-state index in [1.54, 1.807) is 55.5 Å². The van der Waals surface area contributed by atoms with Crippen LogP contribution in [-0.2, 0) is 14.3 Å². The number of hydrogen-bond acceptors (Lipinski definition) is 8. The predicted molar refractivity (Wildman–Crippen MR) is 130 cm³/mol. The Kier molecular flexibility index (Phi) is 6.54. The first-order chi connectivity index (χ1) is 16.3. The third-order valence-corrected chi connectivity index (χ3v) is 7.00. The largest absolute Gasteiger partial charge is 0.507 e. The van der Waals surface area contributed by atoms with Gasteiger partial charge in [-0.1, -0.05) is 51.5 Å². The summed E-state index contributed by atoms with van der Waals surface area (Å²) in [7, 11) is 2.74. The molecule has 8 nitrogen and oxygen atoms in total. The number of esters is 1. The molecular formula is C24H19BrN2O6S. The quantitative estimate of drug-likeness (QED) is 0.216. The summed E-state index contributed by atoms with van der Waals surface area (Å²) in [4.78, 5) is 44.4. The predicted octanol–water partition coefficient (Wildman–Crippen LogP) is 4.64. The number of nitrogens with zero attached hydrogens (tertiary/aromatic N) is 2. The van der Waals surface area contributed by atoms with Gasteiger partial charge in [0.1, 0.15) is 16.4 Å². The van der Waals surface area contributed by atoms with Gasteiger partial charge in [-0.2, -0.15) is 0 Å². The van der Waals surface area contributed by atoms with E-state index in [0.717, 1.165) is 15.8 Å². The Morgan fingerprint density at radius 3 is 2.50 bits per heavy atom. The first-order valence-electron chi connectivity index (χ1n) is 10.0. The zero-order chi connectivity index (χ0) is 24.6. The van der Waals surface area contributed by atoms with E-state index < -0.39 is 23.7 Å². The molecule has 3 aromatic rings. The molecule has 0 bridgehead atoms. The summed E-state index contributed by atoms with van der Waals surface area (Å²) < 4.78 is 10.8. The Morgan fingerprint density at radius 2 is 1.85 bits per heavy atom. The van der Waals surface area contributed by atoms with Gasteiger partial charge in [0, 0.05) is 10.0 Å². The van der Waals surface area contributed by atoms with Crippen molar-refractivity contribution in [2.75, 3.05) is 19.1 Å². The lowest BCUT2D eigenvalue weighted by atomic mass is 9.95. The van der Waals surface area contributed by atoms with Crippen LogP contribution in [0.3, 0.4) is 0 Å². The Balaban J connectivity index is 1.93. The molecule has 1 atom stereocenters. The SMILES string of the molecule is COC(=O)c1sc(N2C(=O)C(=O)C(=C(O)c3cccc(OC)c3)[C@@H]2c2ccc(Br)cc2)nc1C. The van der Waals surface area contributed by atoms with E-state index in [2.05, 4.69) is 20.9 Å². The Morgan fingerprint density at radius 1 is 1.15 bits per heavy atom. The number of carbonyl (C=O) groups excluding carboxylic acids is 3. The molecule has 2 aromatic carbocycles. The summed E-state index contributed by atoms with van der Waals surface area (Å²) >= 11 is 4.33. The standard InChI is InChI=1S/C24H19BrN2O6S/c1-12-21(23(31)33-3)34-24(26-12)27-18(13-7-9-15(25)10-8-13)17(20(29)22(27)30)19(28)14-5-4-6-16(11-14)32-2/h4-11,18,28H,1-3H3/t18-/m0/s1. The third-order valence-electron chi connectivity index (χ3n) is 5.34. The number of rotatable bonds is 5. The van der Waals surface area contributed by atoms with Gasteiger partial charge in [0.15, 0.2) is 5.13 Å². The molecule has 34 heavy (non-hydrogen) atoms. The molecule has 1 aliphatic heterocycles. The number of carbonyl (C=O) groups is 3. The molecule has 2 heterocycles. The minimum atomic E-state index is -0.963. The Hall–Kier alpha value is -3.50. The molecule has 174 valence electrons. The number of aliphatic hydroxyl groups excluding tert-OH is 1. The van der Waals surface area contributed by atoms with Crippen molar-refractivity contribution in [2.24, 2.45) is 0 Å². The molecule has 0 unspecified atom stereocenters. The number of benzene rings is 2. The van der Waals surface area contributed by atoms with Crippen molar-refractivity contribution >= 4 is 55.8 Å². The normalized spacial score (nSPS) is 17.2. The average molecular weight is 543 g/mol. The zero-order valence-electron chi connectivity index (χ0n) is 18.4. The third kappa shape index (κ3) is 4.10. The van der Waals surface area contributed by atoms with Gasteiger partial charge in [-0.15, -0.1) is 0 Å². The van der Waals surface area contributed by atoms with Gasteiger partial charge >= 0.3 is 11.9 Å². The minimum absolute atomic E-state index is 0.0898. The van der Waals surface area contributed by atoms with Crippen molar-refractivity contribution in [2.45, 2.75) is 13.0 Å². The van der Waals surface area contributed by atoms with E-state index >= 15 is 0 Å². The van der Waals surface area contributed by atoms with Gasteiger partial charge < -0.3 is 14.6 Å². The van der Waals surface area contributed by atoms with Crippen LogP contribution in [0.4, 0.5) is 5.13 Å². The highest BCUT2D eigenvalue weighted by molar-refractivity contribution is 9.10. The second kappa shape index (κ2) is 9.40. The topological polar surface area (TPSA) is 106 Å². The van der Waals surface area contributed by atoms with Crippen molar-refractivity contribution in [1.82, 2.24) is 4.98 Å². The first-order valence-corrected chi connectivity index (χ1v) is 11.6. The van der Waals surface area contributed by atoms with E-state index in [1.165, 1.54) is 19.1 Å². The van der Waals surface area contributed by atoms with Crippen LogP contribution in [-0.4, -0.2) is 42.0 Å². The Bertz CT molecular complexity index is 1330. The van der Waals surface area contributed by atoms with E-state index in [-0.39, 0.29) is 21.3 Å². The molecule has 1 aliphatic rings. The van der Waals surface area contributed by atoms with Gasteiger partial charge in [0.2, 0.25) is 0 Å². The van der Waals surface area contributed by atoms with Crippen LogP contribution in [0, 0.1) is 6.92 Å². The second-order valence-corrected chi connectivity index (χ2v) is 9.25. The average Bonchev–Trinajstić information content (AvgIpc) is 3.35. The summed E-state index contributed by atoms with van der Waals surface area (Å²) in [6.45, 7) is 1.62. The molecule has 1 aromatic heterocycles. The maximum Gasteiger partial charge on any atom is 0.350 e. The van der Waals surface area contributed by atoms with E-state index in [9.17, 15) is 19.5 Å². The van der Waals surface area contributed by atoms with E-state index in [4.69, 9.17) is 9.47 Å². The van der Waals surface area contributed by atoms with Gasteiger partial charge in [-0.05, 0) is 36.8 Å². The number of aliphatic hydroxyl groups is 1. The molecule has 4 rings (SSSR count). The number of ether oxygens (including phenoxy) is 2. The van der Waals surface area contributed by atoms with Crippen molar-refractivity contribution in [3.05, 3.63) is 80.3 Å². The highest BCUT2D eigenvalue weighted by Crippen LogP contribution is 2.44. The molecule has 1 N–H and O–H groups in total. The number of amides is 1. The highest BCUT2D eigenvalue weighted by atomic mass is 79.9. The molecule has 10 heteroatoms. The molecule has 0 radical (unpaired) electrons. The maximum atomic E-state index is 13.2. The number of thiazole rings is 1. The molecule has 1 amide bonds. The van der Waals surface area contributed by atoms with Crippen LogP contribution < -0.4 is 9.64 Å². The van der Waals surface area contributed by atoms with Crippen molar-refractivity contribution in [3.63, 3.8) is 0 Å². The highest BCUT2D eigenvalue weighted by Gasteiger charge is 2.48. The van der Waals surface area contributed by atoms with Crippen molar-refractivity contribution in [3.8, 4) is 5.75 Å². The van der Waals surface area contributed by atoms with Gasteiger partial charge in [-0.25, -0.2) is 9.78 Å². The molecule has 0 aliphatic carbocycles. The second-order valence-electron chi connectivity index (χ2n) is 7.36. The lowest BCUT2D eigenvalue weighted by Gasteiger charge is -2.23. The fourth-order valence-corrected chi connectivity index (χ4v) is 4.96. The lowest BCUT2D eigenvalue weighted by molar-refractivity contribution is -0.132. The zero-order valence-corrected chi connectivity index (χ0v) is 20.8. The number of hydrogen-bond donors (Lipinski definition) is 1. The number of methoxy groups -OCH3 is 2. The lowest BCUT2D eigenvalue weighted by Crippen LogP contribution is -2.29. The van der Waals surface area contributed by atoms with Crippen LogP contribution >= 0.6 is 27.3 Å². The van der Waals surface area contributed by atoms with Crippen molar-refractivity contribution < 1.29 is 29.0 Å². The first kappa shape index (κ1) is 23.7. The van der Waals surface area contributed by atoms with Gasteiger partial charge in [0.05, 0.1) is 31.5 Å². The summed E-state index contributed by atoms with van der Waals surface area (Å²) in [6, 6.07) is 12.6. The number of halogens is 1. The number of aromatic nitrogens is 1. The number of ketones is 1. The molecule has 1 saturated heterocycles. The van der Waals surface area contributed by atoms with Crippen LogP contribution in [0.15, 0.2) is 58.6 Å². The fraction of sp³-hybridized carbons (Fsp3) is 0.167. The van der Waals surface area contributed by atoms with Crippen LogP contribution in [0.25, 0.3) is 5.76 Å². The molecule has 0 spiro atoms. The fourth-order valence-electron chi connectivity index (χ4n) is 3.68. The van der Waals surface area contributed by atoms with Crippen LogP contribution in [0.2, 0.25) is 0 Å². The van der Waals surface area contributed by atoms with Gasteiger partial charge in [0.25, 0.3) is 5.78 Å². The number of aryl methyl sites for hydroxylation is 1. The summed E-state index contributed by atoms with van der Waals surface area (Å²) in [5, 5.41) is 11.3. The number of anilines is 1. The van der Waals surface area contributed by atoms with E-state index in [0.29, 0.717) is 22.6 Å². The maximum absolute atomic E-state index is 13.2. The Labute approximate surface area is 207 Å². The summed E-state index contributed by atoms with van der Waals surface area (Å²) in [6.07, 6.45) is 0. The molecule has 1 fully saturated rings. The molecule has 0 saturated carbocycles. The number of Topliss-reactive ketones (excluding diaryl/α,β-unsaturated/α-hetero) is 1. The minimum Gasteiger partial charge on any atom is -0.507 e. The van der Waals surface area contributed by atoms with Gasteiger partial charge in [-0.3, -0.25) is 14.5 Å². The summed E-state index contributed by atoms with van der Waals surface area (Å²) in [5.41, 5.74) is 1.19. The van der Waals surface area contributed by atoms with Crippen LogP contribution in [0.1, 0.15) is 32.5 Å². The monoisotopic (exact) mass is 542 g/mol. The molecular weight excluding hydrogens is 524 g/mol. The smallest absolute Gasteiger partial charge is 0.350 e. The summed E-state index contributed by atoms with van der Waals surface area (Å²) in [5.74, 6) is -2.16. The van der Waals surface area contributed by atoms with E-state index in [1.807, 2.05) is 0 Å².